The van der Waals surface area contributed by atoms with Gasteiger partial charge in [0.05, 0.1) is 0 Å². The van der Waals surface area contributed by atoms with E-state index in [1.165, 1.54) is 31.4 Å². The Morgan fingerprint density at radius 3 is 2.71 bits per heavy atom. The highest BCUT2D eigenvalue weighted by molar-refractivity contribution is 5.94. The highest BCUT2D eigenvalue weighted by Gasteiger charge is 2.31. The van der Waals surface area contributed by atoms with Crippen LogP contribution < -0.4 is 5.73 Å². The first kappa shape index (κ1) is 14.5. The van der Waals surface area contributed by atoms with Gasteiger partial charge in [-0.25, -0.2) is 0 Å². The second kappa shape index (κ2) is 6.58. The largest absolute Gasteiger partial charge is 0.336 e. The number of fused-ring (bicyclic) bond motifs is 1. The molecule has 0 bridgehead atoms. The van der Waals surface area contributed by atoms with Crippen LogP contribution in [0.1, 0.15) is 35.2 Å². The summed E-state index contributed by atoms with van der Waals surface area (Å²) in [6.07, 6.45) is 4.72. The molecule has 1 aromatic carbocycles. The van der Waals surface area contributed by atoms with E-state index in [1.807, 2.05) is 29.2 Å². The standard InChI is InChI=1S/C17H25N3O/c18-9-8-14-4-6-15(7-5-14)17(21)20-12-11-19-10-2-1-3-16(19)13-20/h4-7,16H,1-3,8-13,18H2. The summed E-state index contributed by atoms with van der Waals surface area (Å²) in [6.45, 7) is 4.64. The van der Waals surface area contributed by atoms with Crippen LogP contribution in [-0.2, 0) is 6.42 Å². The number of piperazine rings is 1. The van der Waals surface area contributed by atoms with E-state index >= 15 is 0 Å². The lowest BCUT2D eigenvalue weighted by atomic mass is 9.99. The molecule has 1 unspecified atom stereocenters. The van der Waals surface area contributed by atoms with Crippen LogP contribution in [0.15, 0.2) is 24.3 Å². The molecule has 0 radical (unpaired) electrons. The zero-order valence-corrected chi connectivity index (χ0v) is 12.6. The van der Waals surface area contributed by atoms with Crippen molar-refractivity contribution in [3.8, 4) is 0 Å². The first-order chi connectivity index (χ1) is 10.3. The maximum Gasteiger partial charge on any atom is 0.253 e. The molecule has 2 saturated heterocycles. The number of nitrogens with two attached hydrogens (primary N) is 1. The van der Waals surface area contributed by atoms with E-state index in [1.54, 1.807) is 0 Å². The van der Waals surface area contributed by atoms with Gasteiger partial charge in [-0.05, 0) is 50.0 Å². The van der Waals surface area contributed by atoms with Crippen molar-refractivity contribution in [1.29, 1.82) is 0 Å². The molecule has 1 amide bonds. The van der Waals surface area contributed by atoms with Gasteiger partial charge in [0.2, 0.25) is 0 Å². The minimum absolute atomic E-state index is 0.180. The van der Waals surface area contributed by atoms with Gasteiger partial charge in [0.25, 0.3) is 5.91 Å². The van der Waals surface area contributed by atoms with E-state index < -0.39 is 0 Å². The molecular weight excluding hydrogens is 262 g/mol. The van der Waals surface area contributed by atoms with Crippen molar-refractivity contribution < 1.29 is 4.79 Å². The number of carbonyl (C=O) groups is 1. The van der Waals surface area contributed by atoms with Crippen LogP contribution in [0.5, 0.6) is 0 Å². The fraction of sp³-hybridized carbons (Fsp3) is 0.588. The molecule has 2 fully saturated rings. The number of amides is 1. The summed E-state index contributed by atoms with van der Waals surface area (Å²) in [5, 5.41) is 0. The van der Waals surface area contributed by atoms with Crippen molar-refractivity contribution in [2.24, 2.45) is 5.73 Å². The van der Waals surface area contributed by atoms with Crippen molar-refractivity contribution in [3.05, 3.63) is 35.4 Å². The molecule has 4 heteroatoms. The van der Waals surface area contributed by atoms with Crippen LogP contribution in [-0.4, -0.2) is 54.5 Å². The van der Waals surface area contributed by atoms with Crippen LogP contribution in [0.4, 0.5) is 0 Å². The summed E-state index contributed by atoms with van der Waals surface area (Å²) in [4.78, 5) is 17.2. The Balaban J connectivity index is 1.64. The van der Waals surface area contributed by atoms with Crippen molar-refractivity contribution >= 4 is 5.91 Å². The maximum atomic E-state index is 12.6. The third-order valence-corrected chi connectivity index (χ3v) is 4.76. The summed E-state index contributed by atoms with van der Waals surface area (Å²) >= 11 is 0. The molecule has 114 valence electrons. The molecule has 4 nitrogen and oxygen atoms in total. The Morgan fingerprint density at radius 1 is 1.14 bits per heavy atom. The summed E-state index contributed by atoms with van der Waals surface area (Å²) in [7, 11) is 0. The smallest absolute Gasteiger partial charge is 0.253 e. The number of rotatable bonds is 3. The normalized spacial score (nSPS) is 22.9. The number of hydrogen-bond donors (Lipinski definition) is 1. The number of hydrogen-bond acceptors (Lipinski definition) is 3. The van der Waals surface area contributed by atoms with Crippen LogP contribution in [0.3, 0.4) is 0 Å². The maximum absolute atomic E-state index is 12.6. The lowest BCUT2D eigenvalue weighted by Gasteiger charge is -2.44. The second-order valence-electron chi connectivity index (χ2n) is 6.17. The average molecular weight is 287 g/mol. The zero-order valence-electron chi connectivity index (χ0n) is 12.6. The topological polar surface area (TPSA) is 49.6 Å². The van der Waals surface area contributed by atoms with Crippen molar-refractivity contribution in [2.75, 3.05) is 32.7 Å². The molecule has 0 aliphatic carbocycles. The predicted octanol–water partition coefficient (Wildman–Crippen LogP) is 1.50. The van der Waals surface area contributed by atoms with Gasteiger partial charge < -0.3 is 10.6 Å². The first-order valence-corrected chi connectivity index (χ1v) is 8.10. The lowest BCUT2D eigenvalue weighted by Crippen LogP contribution is -2.56. The minimum Gasteiger partial charge on any atom is -0.336 e. The average Bonchev–Trinajstić information content (AvgIpc) is 2.55. The number of piperidine rings is 1. The van der Waals surface area contributed by atoms with Gasteiger partial charge in [-0.1, -0.05) is 18.6 Å². The van der Waals surface area contributed by atoms with Crippen LogP contribution >= 0.6 is 0 Å². The molecule has 1 aromatic rings. The molecule has 0 spiro atoms. The molecule has 2 N–H and O–H groups in total. The van der Waals surface area contributed by atoms with Crippen molar-refractivity contribution in [3.63, 3.8) is 0 Å². The van der Waals surface area contributed by atoms with E-state index in [4.69, 9.17) is 5.73 Å². The van der Waals surface area contributed by atoms with E-state index in [-0.39, 0.29) is 5.91 Å². The van der Waals surface area contributed by atoms with Gasteiger partial charge in [-0.2, -0.15) is 0 Å². The van der Waals surface area contributed by atoms with Crippen LogP contribution in [0.2, 0.25) is 0 Å². The van der Waals surface area contributed by atoms with Gasteiger partial charge in [0.1, 0.15) is 0 Å². The fourth-order valence-corrected chi connectivity index (χ4v) is 3.50. The monoisotopic (exact) mass is 287 g/mol. The highest BCUT2D eigenvalue weighted by atomic mass is 16.2. The van der Waals surface area contributed by atoms with Gasteiger partial charge in [0.15, 0.2) is 0 Å². The summed E-state index contributed by atoms with van der Waals surface area (Å²) in [6, 6.07) is 8.52. The summed E-state index contributed by atoms with van der Waals surface area (Å²) in [5.41, 5.74) is 7.56. The Morgan fingerprint density at radius 2 is 1.95 bits per heavy atom. The Bertz CT molecular complexity index is 485. The van der Waals surface area contributed by atoms with Gasteiger partial charge in [0, 0.05) is 31.2 Å². The molecule has 1 atom stereocenters. The first-order valence-electron chi connectivity index (χ1n) is 8.10. The summed E-state index contributed by atoms with van der Waals surface area (Å²) in [5.74, 6) is 0.180. The third-order valence-electron chi connectivity index (χ3n) is 4.76. The van der Waals surface area contributed by atoms with Crippen LogP contribution in [0.25, 0.3) is 0 Å². The molecule has 0 aromatic heterocycles. The molecule has 21 heavy (non-hydrogen) atoms. The molecule has 0 saturated carbocycles. The fourth-order valence-electron chi connectivity index (χ4n) is 3.50. The van der Waals surface area contributed by atoms with Gasteiger partial charge in [-0.3, -0.25) is 9.69 Å². The van der Waals surface area contributed by atoms with E-state index in [9.17, 15) is 4.79 Å². The molecule has 2 aliphatic rings. The van der Waals surface area contributed by atoms with E-state index in [0.29, 0.717) is 12.6 Å². The molecular formula is C17H25N3O. The number of carbonyl (C=O) groups excluding carboxylic acids is 1. The summed E-state index contributed by atoms with van der Waals surface area (Å²) < 4.78 is 0. The van der Waals surface area contributed by atoms with Crippen LogP contribution in [0, 0.1) is 0 Å². The Labute approximate surface area is 126 Å². The van der Waals surface area contributed by atoms with Gasteiger partial charge >= 0.3 is 0 Å². The Kier molecular flexibility index (Phi) is 4.56. The van der Waals surface area contributed by atoms with Gasteiger partial charge in [-0.15, -0.1) is 0 Å². The number of nitrogens with zero attached hydrogens (tertiary/aromatic N) is 2. The van der Waals surface area contributed by atoms with E-state index in [2.05, 4.69) is 4.90 Å². The number of benzene rings is 1. The highest BCUT2D eigenvalue weighted by Crippen LogP contribution is 2.22. The third kappa shape index (κ3) is 3.27. The van der Waals surface area contributed by atoms with Crippen molar-refractivity contribution in [2.45, 2.75) is 31.7 Å². The minimum atomic E-state index is 0.180. The zero-order chi connectivity index (χ0) is 14.7. The van der Waals surface area contributed by atoms with E-state index in [0.717, 1.165) is 31.6 Å². The lowest BCUT2D eigenvalue weighted by molar-refractivity contribution is 0.0372. The molecule has 3 rings (SSSR count). The quantitative estimate of drug-likeness (QED) is 0.916. The molecule has 2 heterocycles. The molecule has 2 aliphatic heterocycles. The Hall–Kier alpha value is -1.39. The second-order valence-corrected chi connectivity index (χ2v) is 6.17. The SMILES string of the molecule is NCCc1ccc(C(=O)N2CCN3CCCCC3C2)cc1. The predicted molar refractivity (Wildman–Crippen MR) is 84.3 cm³/mol. The van der Waals surface area contributed by atoms with Crippen molar-refractivity contribution in [1.82, 2.24) is 9.80 Å².